The topological polar surface area (TPSA) is 95.9 Å². The van der Waals surface area contributed by atoms with Crippen molar-refractivity contribution in [1.29, 1.82) is 0 Å². The van der Waals surface area contributed by atoms with E-state index in [-0.39, 0.29) is 18.5 Å². The number of aliphatic hydroxyl groups excluding tert-OH is 2. The molecule has 6 nitrogen and oxygen atoms in total. The Morgan fingerprint density at radius 3 is 1.30 bits per heavy atom. The molecule has 2 atom stereocenters. The minimum Gasteiger partial charge on any atom is -0.466 e. The van der Waals surface area contributed by atoms with Gasteiger partial charge in [0.1, 0.15) is 0 Å². The lowest BCUT2D eigenvalue weighted by molar-refractivity contribution is -0.143. The smallest absolute Gasteiger partial charge is 0.305 e. The van der Waals surface area contributed by atoms with Gasteiger partial charge in [0.25, 0.3) is 0 Å². The molecule has 0 spiro atoms. The van der Waals surface area contributed by atoms with Crippen LogP contribution >= 0.6 is 0 Å². The predicted molar refractivity (Wildman–Crippen MR) is 241 cm³/mol. The molecule has 0 heterocycles. The highest BCUT2D eigenvalue weighted by molar-refractivity contribution is 5.76. The third-order valence-corrected chi connectivity index (χ3v) is 11.6. The van der Waals surface area contributed by atoms with Crippen LogP contribution in [0.4, 0.5) is 0 Å². The van der Waals surface area contributed by atoms with Gasteiger partial charge < -0.3 is 20.3 Å². The molecule has 0 aliphatic carbocycles. The highest BCUT2D eigenvalue weighted by atomic mass is 16.5. The summed E-state index contributed by atoms with van der Waals surface area (Å²) in [7, 11) is 0. The molecule has 0 aliphatic rings. The monoisotopic (exact) mass is 792 g/mol. The Balaban J connectivity index is 3.52. The van der Waals surface area contributed by atoms with Crippen molar-refractivity contribution in [2.24, 2.45) is 0 Å². The first-order valence-corrected chi connectivity index (χ1v) is 24.9. The van der Waals surface area contributed by atoms with Crippen LogP contribution in [0.25, 0.3) is 0 Å². The van der Waals surface area contributed by atoms with Crippen molar-refractivity contribution in [2.45, 2.75) is 283 Å². The average Bonchev–Trinajstić information content (AvgIpc) is 3.20. The Hall–Kier alpha value is -1.40. The van der Waals surface area contributed by atoms with E-state index >= 15 is 0 Å². The molecule has 0 aromatic carbocycles. The Morgan fingerprint density at radius 2 is 0.857 bits per heavy atom. The minimum atomic E-state index is -0.693. The molecule has 6 heteroatoms. The lowest BCUT2D eigenvalue weighted by Gasteiger charge is -2.22. The molecule has 0 aliphatic heterocycles. The quantitative estimate of drug-likeness (QED) is 0.0324. The van der Waals surface area contributed by atoms with E-state index in [2.05, 4.69) is 31.3 Å². The van der Waals surface area contributed by atoms with Gasteiger partial charge in [0.2, 0.25) is 5.91 Å². The van der Waals surface area contributed by atoms with Crippen molar-refractivity contribution in [3.63, 3.8) is 0 Å². The van der Waals surface area contributed by atoms with Crippen molar-refractivity contribution < 1.29 is 24.5 Å². The summed E-state index contributed by atoms with van der Waals surface area (Å²) in [5.74, 6) is -0.126. The summed E-state index contributed by atoms with van der Waals surface area (Å²) >= 11 is 0. The fourth-order valence-corrected chi connectivity index (χ4v) is 7.70. The first-order chi connectivity index (χ1) is 27.5. The number of amides is 1. The number of esters is 1. The zero-order valence-electron chi connectivity index (χ0n) is 37.6. The number of rotatable bonds is 46. The number of aliphatic hydroxyl groups is 2. The van der Waals surface area contributed by atoms with E-state index < -0.39 is 12.1 Å². The highest BCUT2D eigenvalue weighted by Gasteiger charge is 2.20. The normalized spacial score (nSPS) is 12.7. The van der Waals surface area contributed by atoms with E-state index in [9.17, 15) is 19.8 Å². The van der Waals surface area contributed by atoms with Gasteiger partial charge in [-0.3, -0.25) is 9.59 Å². The van der Waals surface area contributed by atoms with Crippen LogP contribution in [0, 0.1) is 0 Å². The lowest BCUT2D eigenvalue weighted by atomic mass is 10.0. The standard InChI is InChI=1S/C50H97NO5/c1-3-5-7-9-11-13-15-17-19-20-22-24-28-32-36-40-44-50(55)56-45-41-37-33-29-25-27-31-35-39-43-49(54)51-47(46-52)48(53)42-38-34-30-26-23-21-18-16-14-12-10-8-6-4-2/h27,31,47-48,52-53H,3-26,28-30,32-46H2,1-2H3,(H,51,54)/b31-27-. The maximum absolute atomic E-state index is 12.4. The minimum absolute atomic E-state index is 0.0322. The van der Waals surface area contributed by atoms with Crippen LogP contribution in [0.3, 0.4) is 0 Å². The Kier molecular flexibility index (Phi) is 45.1. The summed E-state index contributed by atoms with van der Waals surface area (Å²) in [6.07, 6.45) is 51.8. The van der Waals surface area contributed by atoms with Crippen LogP contribution in [-0.2, 0) is 14.3 Å². The zero-order valence-corrected chi connectivity index (χ0v) is 37.6. The van der Waals surface area contributed by atoms with E-state index in [1.807, 2.05) is 0 Å². The number of allylic oxidation sites excluding steroid dienone is 2. The maximum Gasteiger partial charge on any atom is 0.305 e. The number of nitrogens with one attached hydrogen (secondary N) is 1. The van der Waals surface area contributed by atoms with Crippen LogP contribution in [0.1, 0.15) is 271 Å². The second-order valence-corrected chi connectivity index (χ2v) is 17.1. The van der Waals surface area contributed by atoms with Crippen molar-refractivity contribution in [1.82, 2.24) is 5.32 Å². The van der Waals surface area contributed by atoms with E-state index in [1.165, 1.54) is 167 Å². The van der Waals surface area contributed by atoms with Gasteiger partial charge in [0.05, 0.1) is 25.4 Å². The van der Waals surface area contributed by atoms with Crippen molar-refractivity contribution >= 4 is 11.9 Å². The van der Waals surface area contributed by atoms with Crippen molar-refractivity contribution in [3.8, 4) is 0 Å². The average molecular weight is 792 g/mol. The number of unbranched alkanes of at least 4 members (excludes halogenated alkanes) is 33. The molecule has 0 aromatic heterocycles. The van der Waals surface area contributed by atoms with Gasteiger partial charge in [0, 0.05) is 12.8 Å². The fourth-order valence-electron chi connectivity index (χ4n) is 7.70. The van der Waals surface area contributed by atoms with E-state index in [0.717, 1.165) is 70.6 Å². The third kappa shape index (κ3) is 42.2. The van der Waals surface area contributed by atoms with Gasteiger partial charge in [-0.2, -0.15) is 0 Å². The summed E-state index contributed by atoms with van der Waals surface area (Å²) in [4.78, 5) is 24.4. The number of hydrogen-bond acceptors (Lipinski definition) is 5. The van der Waals surface area contributed by atoms with Gasteiger partial charge in [-0.25, -0.2) is 0 Å². The number of hydrogen-bond donors (Lipinski definition) is 3. The van der Waals surface area contributed by atoms with Crippen LogP contribution in [0.5, 0.6) is 0 Å². The van der Waals surface area contributed by atoms with Crippen LogP contribution < -0.4 is 5.32 Å². The second kappa shape index (κ2) is 46.3. The molecule has 0 radical (unpaired) electrons. The second-order valence-electron chi connectivity index (χ2n) is 17.1. The molecule has 332 valence electrons. The lowest BCUT2D eigenvalue weighted by Crippen LogP contribution is -2.45. The molecule has 0 fully saturated rings. The maximum atomic E-state index is 12.4. The Morgan fingerprint density at radius 1 is 0.482 bits per heavy atom. The van der Waals surface area contributed by atoms with E-state index in [4.69, 9.17) is 4.74 Å². The van der Waals surface area contributed by atoms with E-state index in [1.54, 1.807) is 0 Å². The first-order valence-electron chi connectivity index (χ1n) is 24.9. The van der Waals surface area contributed by atoms with Gasteiger partial charge in [-0.15, -0.1) is 0 Å². The van der Waals surface area contributed by atoms with Crippen LogP contribution in [0.2, 0.25) is 0 Å². The molecule has 56 heavy (non-hydrogen) atoms. The predicted octanol–water partition coefficient (Wildman–Crippen LogP) is 14.6. The summed E-state index contributed by atoms with van der Waals surface area (Å²) in [5, 5.41) is 23.1. The molecule has 0 saturated carbocycles. The molecule has 3 N–H and O–H groups in total. The Bertz CT molecular complexity index is 832. The fraction of sp³-hybridized carbons (Fsp3) is 0.920. The van der Waals surface area contributed by atoms with Crippen LogP contribution in [0.15, 0.2) is 12.2 Å². The van der Waals surface area contributed by atoms with Gasteiger partial charge in [-0.05, 0) is 44.9 Å². The third-order valence-electron chi connectivity index (χ3n) is 11.6. The zero-order chi connectivity index (χ0) is 40.8. The van der Waals surface area contributed by atoms with Gasteiger partial charge in [0.15, 0.2) is 0 Å². The van der Waals surface area contributed by atoms with Crippen molar-refractivity contribution in [2.75, 3.05) is 13.2 Å². The van der Waals surface area contributed by atoms with Gasteiger partial charge in [-0.1, -0.05) is 225 Å². The number of carbonyl (C=O) groups excluding carboxylic acids is 2. The largest absolute Gasteiger partial charge is 0.466 e. The summed E-state index contributed by atoms with van der Waals surface area (Å²) in [6, 6.07) is -0.577. The number of carbonyl (C=O) groups is 2. The van der Waals surface area contributed by atoms with Crippen LogP contribution in [-0.4, -0.2) is 47.4 Å². The molecule has 0 aromatic rings. The molecular weight excluding hydrogens is 695 g/mol. The molecule has 2 unspecified atom stereocenters. The van der Waals surface area contributed by atoms with Gasteiger partial charge >= 0.3 is 5.97 Å². The molecule has 0 bridgehead atoms. The molecule has 1 amide bonds. The van der Waals surface area contributed by atoms with Crippen molar-refractivity contribution in [3.05, 3.63) is 12.2 Å². The number of ether oxygens (including phenoxy) is 1. The highest BCUT2D eigenvalue weighted by Crippen LogP contribution is 2.16. The molecular formula is C50H97NO5. The SMILES string of the molecule is CCCCCCCCCCCCCCCCCCC(=O)OCCCCCC/C=C\CCCC(=O)NC(CO)C(O)CCCCCCCCCCCCCCCC. The Labute approximate surface area is 349 Å². The summed E-state index contributed by atoms with van der Waals surface area (Å²) < 4.78 is 5.44. The first kappa shape index (κ1) is 54.6. The summed E-state index contributed by atoms with van der Waals surface area (Å²) in [5.41, 5.74) is 0. The molecule has 0 saturated heterocycles. The summed E-state index contributed by atoms with van der Waals surface area (Å²) in [6.45, 7) is 4.87. The molecule has 0 rings (SSSR count). The van der Waals surface area contributed by atoms with E-state index in [0.29, 0.717) is 25.9 Å².